The lowest BCUT2D eigenvalue weighted by Gasteiger charge is -2.20. The Labute approximate surface area is 101 Å². The number of hydrogen-bond acceptors (Lipinski definition) is 2. The minimum absolute atomic E-state index is 0.504. The van der Waals surface area contributed by atoms with E-state index in [1.54, 1.807) is 6.92 Å². The number of aliphatic carboxylic acids is 1. The van der Waals surface area contributed by atoms with Crippen molar-refractivity contribution >= 4 is 5.97 Å². The highest BCUT2D eigenvalue weighted by molar-refractivity contribution is 5.85. The zero-order chi connectivity index (χ0) is 11.7. The number of hydrogen-bond donors (Lipinski definition) is 1. The smallest absolute Gasteiger partial charge is 0.330 e. The van der Waals surface area contributed by atoms with E-state index >= 15 is 0 Å². The summed E-state index contributed by atoms with van der Waals surface area (Å²) in [5.74, 6) is 3.00. The molecule has 4 aliphatic rings. The van der Waals surface area contributed by atoms with Crippen LogP contribution in [0.2, 0.25) is 0 Å². The third-order valence-electron chi connectivity index (χ3n) is 5.57. The molecule has 1 heterocycles. The average molecular weight is 234 g/mol. The zero-order valence-corrected chi connectivity index (χ0v) is 10.0. The molecule has 0 spiro atoms. The lowest BCUT2D eigenvalue weighted by atomic mass is 9.82. The zero-order valence-electron chi connectivity index (χ0n) is 10.0. The number of fused-ring (bicyclic) bond motifs is 8. The maximum absolute atomic E-state index is 10.8. The van der Waals surface area contributed by atoms with Crippen molar-refractivity contribution in [2.75, 3.05) is 0 Å². The second-order valence-corrected chi connectivity index (χ2v) is 6.34. The van der Waals surface area contributed by atoms with Gasteiger partial charge in [-0.15, -0.1) is 0 Å². The summed E-state index contributed by atoms with van der Waals surface area (Å²) in [7, 11) is 0. The first-order valence-electron chi connectivity index (χ1n) is 6.72. The summed E-state index contributed by atoms with van der Waals surface area (Å²) in [5, 5.41) is 8.92. The molecule has 3 aliphatic carbocycles. The number of rotatable bonds is 2. The van der Waals surface area contributed by atoms with Crippen LogP contribution in [0.5, 0.6) is 0 Å². The molecule has 1 aliphatic heterocycles. The topological polar surface area (TPSA) is 49.8 Å². The Bertz CT molecular complexity index is 392. The van der Waals surface area contributed by atoms with Crippen molar-refractivity contribution in [3.63, 3.8) is 0 Å². The van der Waals surface area contributed by atoms with Gasteiger partial charge in [0.25, 0.3) is 0 Å². The van der Waals surface area contributed by atoms with Gasteiger partial charge in [-0.1, -0.05) is 6.08 Å². The summed E-state index contributed by atoms with van der Waals surface area (Å²) in [4.78, 5) is 10.8. The summed E-state index contributed by atoms with van der Waals surface area (Å²) in [5.41, 5.74) is 0.517. The molecule has 4 rings (SSSR count). The van der Waals surface area contributed by atoms with Crippen LogP contribution in [0, 0.1) is 29.6 Å². The van der Waals surface area contributed by atoms with Crippen LogP contribution in [0.1, 0.15) is 26.2 Å². The van der Waals surface area contributed by atoms with Crippen molar-refractivity contribution in [3.05, 3.63) is 11.6 Å². The number of carbonyl (C=O) groups is 1. The lowest BCUT2D eigenvalue weighted by Crippen LogP contribution is -2.22. The Morgan fingerprint density at radius 1 is 1.12 bits per heavy atom. The van der Waals surface area contributed by atoms with Gasteiger partial charge in [-0.2, -0.15) is 0 Å². The maximum Gasteiger partial charge on any atom is 0.330 e. The van der Waals surface area contributed by atoms with E-state index in [9.17, 15) is 4.79 Å². The normalized spacial score (nSPS) is 54.6. The van der Waals surface area contributed by atoms with Crippen LogP contribution in [0.15, 0.2) is 11.6 Å². The molecule has 3 nitrogen and oxygen atoms in total. The standard InChI is InChI=1S/C14H18O3/c1-6(14(15)16)2-7-3-8-9(4-7)11-5-10(8)12-13(11)17-12/h2,7-13H,3-5H2,1H3,(H,15,16). The van der Waals surface area contributed by atoms with E-state index in [0.29, 0.717) is 23.7 Å². The summed E-state index contributed by atoms with van der Waals surface area (Å²) in [6, 6.07) is 0. The van der Waals surface area contributed by atoms with Gasteiger partial charge < -0.3 is 9.84 Å². The molecule has 6 unspecified atom stereocenters. The minimum atomic E-state index is -0.767. The molecule has 1 N–H and O–H groups in total. The van der Waals surface area contributed by atoms with Crippen LogP contribution in [-0.2, 0) is 9.53 Å². The Morgan fingerprint density at radius 3 is 2.24 bits per heavy atom. The van der Waals surface area contributed by atoms with E-state index in [-0.39, 0.29) is 0 Å². The molecule has 0 aromatic rings. The molecule has 2 bridgehead atoms. The van der Waals surface area contributed by atoms with Gasteiger partial charge in [-0.05, 0) is 55.8 Å². The minimum Gasteiger partial charge on any atom is -0.478 e. The Kier molecular flexibility index (Phi) is 1.87. The van der Waals surface area contributed by atoms with Crippen molar-refractivity contribution < 1.29 is 14.6 Å². The molecule has 17 heavy (non-hydrogen) atoms. The quantitative estimate of drug-likeness (QED) is 0.588. The third kappa shape index (κ3) is 1.29. The van der Waals surface area contributed by atoms with E-state index in [1.807, 2.05) is 6.08 Å². The predicted octanol–water partition coefficient (Wildman–Crippen LogP) is 2.08. The lowest BCUT2D eigenvalue weighted by molar-refractivity contribution is -0.132. The molecule has 0 aromatic heterocycles. The molecular weight excluding hydrogens is 216 g/mol. The van der Waals surface area contributed by atoms with Crippen LogP contribution >= 0.6 is 0 Å². The molecular formula is C14H18O3. The van der Waals surface area contributed by atoms with E-state index in [4.69, 9.17) is 9.84 Å². The van der Waals surface area contributed by atoms with E-state index < -0.39 is 5.97 Å². The molecule has 3 saturated carbocycles. The number of carboxylic acid groups (broad SMARTS) is 1. The van der Waals surface area contributed by atoms with Gasteiger partial charge in [0.15, 0.2) is 0 Å². The predicted molar refractivity (Wildman–Crippen MR) is 61.4 cm³/mol. The van der Waals surface area contributed by atoms with Gasteiger partial charge in [0, 0.05) is 5.57 Å². The molecule has 4 fully saturated rings. The number of epoxide rings is 1. The fourth-order valence-corrected chi connectivity index (χ4v) is 4.94. The van der Waals surface area contributed by atoms with Gasteiger partial charge in [-0.3, -0.25) is 0 Å². The first kappa shape index (κ1) is 10.1. The van der Waals surface area contributed by atoms with Gasteiger partial charge in [-0.25, -0.2) is 4.79 Å². The summed E-state index contributed by atoms with van der Waals surface area (Å²) in [6.45, 7) is 1.71. The monoisotopic (exact) mass is 234 g/mol. The Hall–Kier alpha value is -0.830. The average Bonchev–Trinajstić information content (AvgIpc) is 2.68. The largest absolute Gasteiger partial charge is 0.478 e. The van der Waals surface area contributed by atoms with Crippen molar-refractivity contribution in [3.8, 4) is 0 Å². The summed E-state index contributed by atoms with van der Waals surface area (Å²) < 4.78 is 5.72. The van der Waals surface area contributed by atoms with Crippen LogP contribution in [0.4, 0.5) is 0 Å². The first-order chi connectivity index (χ1) is 8.15. The van der Waals surface area contributed by atoms with Gasteiger partial charge in [0.05, 0.1) is 12.2 Å². The fourth-order valence-electron chi connectivity index (χ4n) is 4.94. The van der Waals surface area contributed by atoms with Crippen LogP contribution in [0.25, 0.3) is 0 Å². The highest BCUT2D eigenvalue weighted by Crippen LogP contribution is 2.66. The number of allylic oxidation sites excluding steroid dienone is 1. The second kappa shape index (κ2) is 3.14. The van der Waals surface area contributed by atoms with Gasteiger partial charge in [0.2, 0.25) is 0 Å². The van der Waals surface area contributed by atoms with Crippen LogP contribution in [-0.4, -0.2) is 23.3 Å². The Balaban J connectivity index is 1.51. The van der Waals surface area contributed by atoms with Gasteiger partial charge in [0.1, 0.15) is 0 Å². The van der Waals surface area contributed by atoms with Gasteiger partial charge >= 0.3 is 5.97 Å². The summed E-state index contributed by atoms with van der Waals surface area (Å²) in [6.07, 6.45) is 6.95. The summed E-state index contributed by atoms with van der Waals surface area (Å²) >= 11 is 0. The molecule has 92 valence electrons. The molecule has 0 radical (unpaired) electrons. The van der Waals surface area contributed by atoms with E-state index in [1.165, 1.54) is 19.3 Å². The Morgan fingerprint density at radius 2 is 1.71 bits per heavy atom. The maximum atomic E-state index is 10.8. The third-order valence-corrected chi connectivity index (χ3v) is 5.57. The SMILES string of the molecule is CC(=CC1CC2C(C1)C1CC2C2OC12)C(=O)O. The van der Waals surface area contributed by atoms with Crippen LogP contribution < -0.4 is 0 Å². The van der Waals surface area contributed by atoms with Crippen molar-refractivity contribution in [2.24, 2.45) is 29.6 Å². The molecule has 0 amide bonds. The highest BCUT2D eigenvalue weighted by Gasteiger charge is 2.68. The van der Waals surface area contributed by atoms with E-state index in [0.717, 1.165) is 23.7 Å². The molecule has 6 atom stereocenters. The van der Waals surface area contributed by atoms with E-state index in [2.05, 4.69) is 0 Å². The number of ether oxygens (including phenoxy) is 1. The highest BCUT2D eigenvalue weighted by atomic mass is 16.6. The van der Waals surface area contributed by atoms with Crippen molar-refractivity contribution in [1.82, 2.24) is 0 Å². The number of carboxylic acids is 1. The van der Waals surface area contributed by atoms with Crippen molar-refractivity contribution in [1.29, 1.82) is 0 Å². The molecule has 0 aromatic carbocycles. The first-order valence-corrected chi connectivity index (χ1v) is 6.72. The van der Waals surface area contributed by atoms with Crippen LogP contribution in [0.3, 0.4) is 0 Å². The second-order valence-electron chi connectivity index (χ2n) is 6.34. The molecule has 3 heteroatoms. The van der Waals surface area contributed by atoms with Crippen molar-refractivity contribution in [2.45, 2.75) is 38.4 Å². The fraction of sp³-hybridized carbons (Fsp3) is 0.786. The molecule has 1 saturated heterocycles.